The Morgan fingerprint density at radius 2 is 2.25 bits per heavy atom. The molecule has 0 aliphatic rings. The van der Waals surface area contributed by atoms with E-state index in [2.05, 4.69) is 5.32 Å². The number of rotatable bonds is 5. The first-order chi connectivity index (χ1) is 7.63. The summed E-state index contributed by atoms with van der Waals surface area (Å²) >= 11 is 0. The molecule has 0 unspecified atom stereocenters. The van der Waals surface area contributed by atoms with Crippen molar-refractivity contribution in [3.05, 3.63) is 29.6 Å². The summed E-state index contributed by atoms with van der Waals surface area (Å²) in [5.41, 5.74) is 0.906. The third kappa shape index (κ3) is 3.88. The van der Waals surface area contributed by atoms with E-state index in [9.17, 15) is 9.18 Å². The predicted octanol–water partition coefficient (Wildman–Crippen LogP) is 1.90. The molecule has 88 valence electrons. The molecule has 1 N–H and O–H groups in total. The molecule has 0 fully saturated rings. The van der Waals surface area contributed by atoms with Crippen molar-refractivity contribution >= 4 is 5.91 Å². The number of aryl methyl sites for hydroxylation is 1. The normalized spacial score (nSPS) is 9.94. The van der Waals surface area contributed by atoms with Crippen LogP contribution in [0.15, 0.2) is 18.2 Å². The fourth-order valence-electron chi connectivity index (χ4n) is 1.42. The molecule has 1 aromatic rings. The zero-order valence-electron chi connectivity index (χ0n) is 9.55. The van der Waals surface area contributed by atoms with E-state index in [1.165, 1.54) is 20.1 Å². The van der Waals surface area contributed by atoms with Crippen LogP contribution in [0.4, 0.5) is 4.39 Å². The van der Waals surface area contributed by atoms with Crippen molar-refractivity contribution in [1.29, 1.82) is 0 Å². The topological polar surface area (TPSA) is 38.3 Å². The zero-order valence-corrected chi connectivity index (χ0v) is 9.55. The predicted molar refractivity (Wildman–Crippen MR) is 60.0 cm³/mol. The maximum absolute atomic E-state index is 13.3. The molecule has 3 nitrogen and oxygen atoms in total. The number of nitrogens with one attached hydrogen (secondary N) is 1. The number of ether oxygens (including phenoxy) is 1. The molecule has 0 saturated heterocycles. The number of hydrogen-bond acceptors (Lipinski definition) is 2. The summed E-state index contributed by atoms with van der Waals surface area (Å²) in [7, 11) is 1.44. The van der Waals surface area contributed by atoms with Crippen LogP contribution in [0.25, 0.3) is 0 Å². The Kier molecular flexibility index (Phi) is 4.76. The van der Waals surface area contributed by atoms with Crippen LogP contribution in [0.1, 0.15) is 18.9 Å². The molecular weight excluding hydrogens is 209 g/mol. The molecule has 0 aliphatic heterocycles. The first-order valence-corrected chi connectivity index (χ1v) is 5.20. The van der Waals surface area contributed by atoms with Crippen LogP contribution in [-0.4, -0.2) is 19.6 Å². The summed E-state index contributed by atoms with van der Waals surface area (Å²) in [5, 5.41) is 2.70. The van der Waals surface area contributed by atoms with Crippen LogP contribution < -0.4 is 10.1 Å². The van der Waals surface area contributed by atoms with Crippen LogP contribution in [0.3, 0.4) is 0 Å². The molecule has 0 atom stereocenters. The van der Waals surface area contributed by atoms with Gasteiger partial charge in [-0.25, -0.2) is 4.39 Å². The number of carbonyl (C=O) groups excluding carboxylic acids is 1. The van der Waals surface area contributed by atoms with E-state index in [1.54, 1.807) is 6.07 Å². The van der Waals surface area contributed by atoms with Crippen LogP contribution >= 0.6 is 0 Å². The van der Waals surface area contributed by atoms with Gasteiger partial charge in [-0.1, -0.05) is 6.07 Å². The molecular formula is C12H16FNO2. The quantitative estimate of drug-likeness (QED) is 0.777. The second-order valence-electron chi connectivity index (χ2n) is 3.56. The van der Waals surface area contributed by atoms with Gasteiger partial charge in [0.2, 0.25) is 5.91 Å². The number of amides is 1. The van der Waals surface area contributed by atoms with Gasteiger partial charge < -0.3 is 10.1 Å². The summed E-state index contributed by atoms with van der Waals surface area (Å²) < 4.78 is 18.1. The number of carbonyl (C=O) groups is 1. The van der Waals surface area contributed by atoms with Crippen LogP contribution in [0.5, 0.6) is 5.75 Å². The minimum Gasteiger partial charge on any atom is -0.494 e. The van der Waals surface area contributed by atoms with Gasteiger partial charge in [0, 0.05) is 13.5 Å². The summed E-state index contributed by atoms with van der Waals surface area (Å²) in [6.07, 6.45) is 1.53. The Morgan fingerprint density at radius 3 is 2.81 bits per heavy atom. The lowest BCUT2D eigenvalue weighted by Crippen LogP contribution is -2.21. The van der Waals surface area contributed by atoms with Crippen LogP contribution in [0.2, 0.25) is 0 Å². The molecule has 1 amide bonds. The Bertz CT molecular complexity index is 366. The summed E-state index contributed by atoms with van der Waals surface area (Å²) in [6, 6.07) is 4.91. The van der Waals surface area contributed by atoms with Crippen molar-refractivity contribution in [3.63, 3.8) is 0 Å². The molecule has 0 heterocycles. The SMILES string of the molecule is COc1ccc(CCCNC(C)=O)cc1F. The average Bonchev–Trinajstić information content (AvgIpc) is 2.24. The Labute approximate surface area is 94.6 Å². The lowest BCUT2D eigenvalue weighted by atomic mass is 10.1. The standard InChI is InChI=1S/C12H16FNO2/c1-9(15)14-7-3-4-10-5-6-12(16-2)11(13)8-10/h5-6,8H,3-4,7H2,1-2H3,(H,14,15). The zero-order chi connectivity index (χ0) is 12.0. The van der Waals surface area contributed by atoms with Crippen molar-refractivity contribution < 1.29 is 13.9 Å². The molecule has 0 bridgehead atoms. The lowest BCUT2D eigenvalue weighted by molar-refractivity contribution is -0.118. The van der Waals surface area contributed by atoms with E-state index in [1.807, 2.05) is 6.07 Å². The van der Waals surface area contributed by atoms with Gasteiger partial charge >= 0.3 is 0 Å². The van der Waals surface area contributed by atoms with Gasteiger partial charge in [-0.15, -0.1) is 0 Å². The van der Waals surface area contributed by atoms with E-state index in [-0.39, 0.29) is 17.5 Å². The summed E-state index contributed by atoms with van der Waals surface area (Å²) in [6.45, 7) is 2.09. The molecule has 1 aromatic carbocycles. The van der Waals surface area contributed by atoms with Crippen LogP contribution in [-0.2, 0) is 11.2 Å². The van der Waals surface area contributed by atoms with Crippen molar-refractivity contribution in [2.24, 2.45) is 0 Å². The number of halogens is 1. The van der Waals surface area contributed by atoms with Crippen molar-refractivity contribution in [2.75, 3.05) is 13.7 Å². The number of methoxy groups -OCH3 is 1. The van der Waals surface area contributed by atoms with E-state index < -0.39 is 0 Å². The highest BCUT2D eigenvalue weighted by Crippen LogP contribution is 2.18. The van der Waals surface area contributed by atoms with E-state index in [4.69, 9.17) is 4.74 Å². The first-order valence-electron chi connectivity index (χ1n) is 5.20. The molecule has 0 saturated carbocycles. The van der Waals surface area contributed by atoms with Gasteiger partial charge in [0.1, 0.15) is 0 Å². The lowest BCUT2D eigenvalue weighted by Gasteiger charge is -2.05. The Balaban J connectivity index is 2.43. The second kappa shape index (κ2) is 6.10. The second-order valence-corrected chi connectivity index (χ2v) is 3.56. The van der Waals surface area contributed by atoms with E-state index in [0.717, 1.165) is 18.4 Å². The summed E-state index contributed by atoms with van der Waals surface area (Å²) in [4.78, 5) is 10.6. The first kappa shape index (κ1) is 12.5. The third-order valence-electron chi connectivity index (χ3n) is 2.23. The van der Waals surface area contributed by atoms with Gasteiger partial charge in [0.05, 0.1) is 7.11 Å². The molecule has 0 spiro atoms. The maximum Gasteiger partial charge on any atom is 0.216 e. The van der Waals surface area contributed by atoms with Gasteiger partial charge in [-0.05, 0) is 30.5 Å². The minimum absolute atomic E-state index is 0.0408. The Hall–Kier alpha value is -1.58. The van der Waals surface area contributed by atoms with Crippen LogP contribution in [0, 0.1) is 5.82 Å². The molecule has 4 heteroatoms. The third-order valence-corrected chi connectivity index (χ3v) is 2.23. The fraction of sp³-hybridized carbons (Fsp3) is 0.417. The molecule has 0 aromatic heterocycles. The maximum atomic E-state index is 13.3. The van der Waals surface area contributed by atoms with Crippen molar-refractivity contribution in [3.8, 4) is 5.75 Å². The highest BCUT2D eigenvalue weighted by Gasteiger charge is 2.03. The average molecular weight is 225 g/mol. The monoisotopic (exact) mass is 225 g/mol. The highest BCUT2D eigenvalue weighted by molar-refractivity contribution is 5.72. The molecule has 1 rings (SSSR count). The number of hydrogen-bond donors (Lipinski definition) is 1. The minimum atomic E-state index is -0.348. The van der Waals surface area contributed by atoms with E-state index >= 15 is 0 Å². The van der Waals surface area contributed by atoms with Gasteiger partial charge in [0.25, 0.3) is 0 Å². The smallest absolute Gasteiger partial charge is 0.216 e. The van der Waals surface area contributed by atoms with Gasteiger partial charge in [0.15, 0.2) is 11.6 Å². The highest BCUT2D eigenvalue weighted by atomic mass is 19.1. The van der Waals surface area contributed by atoms with Crippen molar-refractivity contribution in [1.82, 2.24) is 5.32 Å². The Morgan fingerprint density at radius 1 is 1.50 bits per heavy atom. The van der Waals surface area contributed by atoms with Crippen molar-refractivity contribution in [2.45, 2.75) is 19.8 Å². The van der Waals surface area contributed by atoms with E-state index in [0.29, 0.717) is 6.54 Å². The number of benzene rings is 1. The molecule has 0 radical (unpaired) electrons. The summed E-state index contributed by atoms with van der Waals surface area (Å²) in [5.74, 6) is -0.133. The largest absolute Gasteiger partial charge is 0.494 e. The fourth-order valence-corrected chi connectivity index (χ4v) is 1.42. The van der Waals surface area contributed by atoms with Gasteiger partial charge in [-0.3, -0.25) is 4.79 Å². The molecule has 16 heavy (non-hydrogen) atoms. The molecule has 0 aliphatic carbocycles. The van der Waals surface area contributed by atoms with Gasteiger partial charge in [-0.2, -0.15) is 0 Å².